The number of hydrogen-bond acceptors (Lipinski definition) is 7. The lowest BCUT2D eigenvalue weighted by Gasteiger charge is -2.29. The van der Waals surface area contributed by atoms with E-state index < -0.39 is 42.1 Å². The summed E-state index contributed by atoms with van der Waals surface area (Å²) < 4.78 is 14.9. The Balaban J connectivity index is 4.73. The van der Waals surface area contributed by atoms with Crippen molar-refractivity contribution in [2.75, 3.05) is 20.8 Å². The van der Waals surface area contributed by atoms with Gasteiger partial charge < -0.3 is 29.5 Å². The SMILES string of the molecule is CCC(COC(=O)CC(O)(CC(=O)O)C(=O)O)(OC)OC. The highest BCUT2D eigenvalue weighted by atomic mass is 16.7. The number of aliphatic carboxylic acids is 2. The van der Waals surface area contributed by atoms with Gasteiger partial charge in [-0.25, -0.2) is 4.79 Å². The van der Waals surface area contributed by atoms with Gasteiger partial charge in [0.1, 0.15) is 6.61 Å². The average Bonchev–Trinajstić information content (AvgIpc) is 2.39. The summed E-state index contributed by atoms with van der Waals surface area (Å²) in [5.74, 6) is -5.62. The molecule has 0 aliphatic rings. The molecule has 0 spiro atoms. The second-order valence-electron chi connectivity index (χ2n) is 4.42. The number of carbonyl (C=O) groups is 3. The maximum absolute atomic E-state index is 11.6. The third-order valence-electron chi connectivity index (χ3n) is 3.01. The number of ether oxygens (including phenoxy) is 3. The Kier molecular flexibility index (Phi) is 7.27. The van der Waals surface area contributed by atoms with E-state index >= 15 is 0 Å². The molecular formula is C12H20O9. The lowest BCUT2D eigenvalue weighted by Crippen LogP contribution is -2.44. The number of esters is 1. The molecule has 122 valence electrons. The molecule has 0 rings (SSSR count). The van der Waals surface area contributed by atoms with Gasteiger partial charge in [0.05, 0.1) is 12.8 Å². The van der Waals surface area contributed by atoms with Crippen molar-refractivity contribution in [3.8, 4) is 0 Å². The molecule has 9 nitrogen and oxygen atoms in total. The fraction of sp³-hybridized carbons (Fsp3) is 0.750. The van der Waals surface area contributed by atoms with Gasteiger partial charge in [-0.3, -0.25) is 9.59 Å². The normalized spacial score (nSPS) is 14.3. The zero-order valence-electron chi connectivity index (χ0n) is 12.1. The average molecular weight is 308 g/mol. The van der Waals surface area contributed by atoms with Crippen LogP contribution in [0.4, 0.5) is 0 Å². The quantitative estimate of drug-likeness (QED) is 0.363. The predicted octanol–water partition coefficient (Wildman–Crippen LogP) is -0.391. The predicted molar refractivity (Wildman–Crippen MR) is 67.5 cm³/mol. The molecule has 3 N–H and O–H groups in total. The Bertz CT molecular complexity index is 380. The summed E-state index contributed by atoms with van der Waals surface area (Å²) in [7, 11) is 2.69. The van der Waals surface area contributed by atoms with Crippen LogP contribution in [0.25, 0.3) is 0 Å². The van der Waals surface area contributed by atoms with Crippen molar-refractivity contribution in [1.82, 2.24) is 0 Å². The second-order valence-corrected chi connectivity index (χ2v) is 4.42. The summed E-state index contributed by atoms with van der Waals surface area (Å²) in [6, 6.07) is 0. The van der Waals surface area contributed by atoms with Crippen molar-refractivity contribution < 1.29 is 43.9 Å². The molecule has 0 bridgehead atoms. The molecule has 0 aliphatic heterocycles. The van der Waals surface area contributed by atoms with Crippen LogP contribution in [0.3, 0.4) is 0 Å². The number of carboxylic acid groups (broad SMARTS) is 2. The molecule has 0 amide bonds. The molecule has 1 unspecified atom stereocenters. The van der Waals surface area contributed by atoms with Gasteiger partial charge in [-0.1, -0.05) is 6.92 Å². The van der Waals surface area contributed by atoms with Crippen molar-refractivity contribution in [2.24, 2.45) is 0 Å². The van der Waals surface area contributed by atoms with Crippen LogP contribution < -0.4 is 0 Å². The first-order chi connectivity index (χ1) is 9.64. The van der Waals surface area contributed by atoms with Gasteiger partial charge in [0, 0.05) is 20.6 Å². The van der Waals surface area contributed by atoms with E-state index in [2.05, 4.69) is 0 Å². The lowest BCUT2D eigenvalue weighted by atomic mass is 9.96. The lowest BCUT2D eigenvalue weighted by molar-refractivity contribution is -0.236. The summed E-state index contributed by atoms with van der Waals surface area (Å²) in [4.78, 5) is 33.0. The molecule has 21 heavy (non-hydrogen) atoms. The number of hydrogen-bond donors (Lipinski definition) is 3. The smallest absolute Gasteiger partial charge is 0.336 e. The van der Waals surface area contributed by atoms with Crippen LogP contribution in [0, 0.1) is 0 Å². The third kappa shape index (κ3) is 5.66. The van der Waals surface area contributed by atoms with Gasteiger partial charge in [-0.15, -0.1) is 0 Å². The largest absolute Gasteiger partial charge is 0.481 e. The van der Waals surface area contributed by atoms with Crippen LogP contribution in [-0.4, -0.2) is 65.4 Å². The molecule has 0 saturated heterocycles. The molecule has 0 aromatic heterocycles. The molecule has 0 aromatic rings. The van der Waals surface area contributed by atoms with Crippen molar-refractivity contribution in [1.29, 1.82) is 0 Å². The Morgan fingerprint density at radius 1 is 1.05 bits per heavy atom. The van der Waals surface area contributed by atoms with Gasteiger partial charge in [-0.2, -0.15) is 0 Å². The van der Waals surface area contributed by atoms with Gasteiger partial charge in [0.25, 0.3) is 0 Å². The summed E-state index contributed by atoms with van der Waals surface area (Å²) in [6.45, 7) is 1.40. The van der Waals surface area contributed by atoms with Gasteiger partial charge in [0.2, 0.25) is 5.79 Å². The van der Waals surface area contributed by atoms with Crippen LogP contribution >= 0.6 is 0 Å². The first-order valence-electron chi connectivity index (χ1n) is 6.08. The standard InChI is InChI=1S/C12H20O9/c1-4-12(19-2,20-3)7-21-9(15)6-11(18,10(16)17)5-8(13)14/h18H,4-7H2,1-3H3,(H,13,14)(H,16,17). The molecule has 0 fully saturated rings. The monoisotopic (exact) mass is 308 g/mol. The minimum atomic E-state index is -2.72. The van der Waals surface area contributed by atoms with E-state index in [1.165, 1.54) is 14.2 Å². The number of carboxylic acids is 2. The zero-order chi connectivity index (χ0) is 16.7. The molecule has 0 saturated carbocycles. The first-order valence-corrected chi connectivity index (χ1v) is 6.08. The number of carbonyl (C=O) groups excluding carboxylic acids is 1. The van der Waals surface area contributed by atoms with Crippen molar-refractivity contribution in [3.05, 3.63) is 0 Å². The fourth-order valence-electron chi connectivity index (χ4n) is 1.54. The summed E-state index contributed by atoms with van der Waals surface area (Å²) in [6.07, 6.45) is -1.77. The molecule has 0 aliphatic carbocycles. The summed E-state index contributed by atoms with van der Waals surface area (Å²) in [5.41, 5.74) is -2.72. The highest BCUT2D eigenvalue weighted by molar-refractivity contribution is 5.88. The van der Waals surface area contributed by atoms with Crippen molar-refractivity contribution >= 4 is 17.9 Å². The molecular weight excluding hydrogens is 288 g/mol. The summed E-state index contributed by atoms with van der Waals surface area (Å²) >= 11 is 0. The van der Waals surface area contributed by atoms with E-state index in [4.69, 9.17) is 24.4 Å². The minimum absolute atomic E-state index is 0.321. The van der Waals surface area contributed by atoms with Crippen LogP contribution in [0.2, 0.25) is 0 Å². The molecule has 0 heterocycles. The van der Waals surface area contributed by atoms with E-state index in [0.717, 1.165) is 0 Å². The van der Waals surface area contributed by atoms with E-state index in [9.17, 15) is 19.5 Å². The van der Waals surface area contributed by atoms with Crippen LogP contribution in [-0.2, 0) is 28.6 Å². The Hall–Kier alpha value is -1.71. The maximum Gasteiger partial charge on any atom is 0.336 e. The van der Waals surface area contributed by atoms with Crippen LogP contribution in [0.1, 0.15) is 26.2 Å². The zero-order valence-corrected chi connectivity index (χ0v) is 12.1. The van der Waals surface area contributed by atoms with Crippen molar-refractivity contribution in [3.63, 3.8) is 0 Å². The number of methoxy groups -OCH3 is 2. The molecule has 9 heteroatoms. The number of aliphatic hydroxyl groups is 1. The topological polar surface area (TPSA) is 140 Å². The maximum atomic E-state index is 11.6. The summed E-state index contributed by atoms with van der Waals surface area (Å²) in [5, 5.41) is 27.1. The van der Waals surface area contributed by atoms with Gasteiger partial charge >= 0.3 is 17.9 Å². The fourth-order valence-corrected chi connectivity index (χ4v) is 1.54. The molecule has 0 aromatic carbocycles. The third-order valence-corrected chi connectivity index (χ3v) is 3.01. The van der Waals surface area contributed by atoms with E-state index in [1.807, 2.05) is 0 Å². The van der Waals surface area contributed by atoms with E-state index in [0.29, 0.717) is 6.42 Å². The van der Waals surface area contributed by atoms with Gasteiger partial charge in [-0.05, 0) is 0 Å². The highest BCUT2D eigenvalue weighted by Crippen LogP contribution is 2.20. The van der Waals surface area contributed by atoms with E-state index in [-0.39, 0.29) is 6.61 Å². The van der Waals surface area contributed by atoms with Gasteiger partial charge in [0.15, 0.2) is 5.60 Å². The van der Waals surface area contributed by atoms with Crippen LogP contribution in [0.15, 0.2) is 0 Å². The number of rotatable bonds is 10. The Morgan fingerprint density at radius 3 is 1.90 bits per heavy atom. The van der Waals surface area contributed by atoms with Crippen LogP contribution in [0.5, 0.6) is 0 Å². The first kappa shape index (κ1) is 19.3. The molecule has 1 atom stereocenters. The Labute approximate surface area is 121 Å². The minimum Gasteiger partial charge on any atom is -0.481 e. The Morgan fingerprint density at radius 2 is 1.57 bits per heavy atom. The van der Waals surface area contributed by atoms with E-state index in [1.54, 1.807) is 6.92 Å². The second kappa shape index (κ2) is 7.91. The van der Waals surface area contributed by atoms with Crippen molar-refractivity contribution in [2.45, 2.75) is 37.6 Å². The molecule has 0 radical (unpaired) electrons. The highest BCUT2D eigenvalue weighted by Gasteiger charge is 2.42.